The predicted molar refractivity (Wildman–Crippen MR) is 351 cm³/mol. The van der Waals surface area contributed by atoms with Crippen molar-refractivity contribution in [3.8, 4) is 40.0 Å². The van der Waals surface area contributed by atoms with E-state index in [4.69, 9.17) is 55.7 Å². The molecule has 0 bridgehead atoms. The Balaban J connectivity index is 0.000000171. The second kappa shape index (κ2) is 29.9. The standard InChI is InChI=1S/C26H27F3N4O6S2.C21H21ClN2O3.C19H20N2O2S/c1-38-17-10-9-14(12-18(17)39-2)16-13-20(26(27,28)29)32-25(31-16)41(36,37)11-5-8-21(34)33-24-22(23(30)35)15-6-3-4-7-19(15)40-24;1-25-18-10-13(11-19(26-2)21(18)27-3)23-20-14-5-4-6-16(14)24-17-8-7-12(22)9-15(17)20;1-12-4-6-17-15(10-12)13(2)21-16-11-14(5-7-18(16)24-17)19(22)20-8-9-23-3/h9-10,12-13H,3-8,11H2,1-2H3,(H2,30,35)(H,33,34);7-11H,4-6H2,1-3H3,(H,23,24);4-7,10-11H,8-9H2,1-3H3,(H,20,22). The number of ether oxygens (including phenoxy) is 6. The summed E-state index contributed by atoms with van der Waals surface area (Å²) < 4.78 is 98.6. The summed E-state index contributed by atoms with van der Waals surface area (Å²) >= 11 is 9.23. The van der Waals surface area contributed by atoms with Gasteiger partial charge >= 0.3 is 6.18 Å². The fourth-order valence-electron chi connectivity index (χ4n) is 10.7. The van der Waals surface area contributed by atoms with E-state index in [2.05, 4.69) is 51.0 Å². The summed E-state index contributed by atoms with van der Waals surface area (Å²) in [6.07, 6.45) is 0.972. The van der Waals surface area contributed by atoms with Crippen LogP contribution in [0.1, 0.15) is 98.3 Å². The molecule has 1 aliphatic heterocycles. The lowest BCUT2D eigenvalue weighted by Gasteiger charge is -2.18. The van der Waals surface area contributed by atoms with Crippen LogP contribution >= 0.6 is 34.7 Å². The Morgan fingerprint density at radius 1 is 0.739 bits per heavy atom. The number of fused-ring (bicyclic) bond motifs is 5. The van der Waals surface area contributed by atoms with E-state index in [1.807, 2.05) is 55.5 Å². The zero-order chi connectivity index (χ0) is 66.0. The van der Waals surface area contributed by atoms with E-state index in [-0.39, 0.29) is 41.3 Å². The SMILES string of the molecule is COCCNC(=O)c1ccc2c(c1)N=C(C)c1cc(C)ccc1S2.COc1cc(Nc2c3c(nc4ccc(Cl)cc24)CCC3)cc(OC)c1OC.COc1ccc(-c2cc(C(F)(F)F)nc(S(=O)(=O)CCCC(=O)Nc3sc4c(c3C(N)=O)CCCC4)n2)cc1OC. The largest absolute Gasteiger partial charge is 0.493 e. The Labute approximate surface area is 543 Å². The number of alkyl halides is 3. The Morgan fingerprint density at radius 2 is 1.46 bits per heavy atom. The van der Waals surface area contributed by atoms with Crippen molar-refractivity contribution in [3.63, 3.8) is 0 Å². The predicted octanol–water partition coefficient (Wildman–Crippen LogP) is 13.5. The van der Waals surface area contributed by atoms with Crippen LogP contribution in [0.4, 0.5) is 35.2 Å². The molecule has 0 atom stereocenters. The van der Waals surface area contributed by atoms with Crippen molar-refractivity contribution in [2.24, 2.45) is 10.7 Å². The van der Waals surface area contributed by atoms with Gasteiger partial charge in [-0.15, -0.1) is 11.3 Å². The van der Waals surface area contributed by atoms with Gasteiger partial charge in [-0.2, -0.15) is 13.2 Å². The van der Waals surface area contributed by atoms with E-state index < -0.39 is 44.4 Å². The molecule has 0 unspecified atom stereocenters. The van der Waals surface area contributed by atoms with Gasteiger partial charge in [0.05, 0.1) is 76.1 Å². The van der Waals surface area contributed by atoms with E-state index in [0.717, 1.165) is 98.8 Å². The molecule has 484 valence electrons. The number of aliphatic imine (C=N–C) groups is 1. The molecule has 0 radical (unpaired) electrons. The highest BCUT2D eigenvalue weighted by Crippen LogP contribution is 2.45. The molecular weight excluding hydrogens is 1270 g/mol. The van der Waals surface area contributed by atoms with Gasteiger partial charge in [-0.1, -0.05) is 35.0 Å². The van der Waals surface area contributed by atoms with Gasteiger partial charge in [-0.3, -0.25) is 24.4 Å². The first-order valence-electron chi connectivity index (χ1n) is 29.2. The molecule has 3 aliphatic rings. The molecule has 19 nitrogen and oxygen atoms in total. The van der Waals surface area contributed by atoms with E-state index in [9.17, 15) is 36.0 Å². The van der Waals surface area contributed by atoms with Crippen LogP contribution in [0.15, 0.2) is 111 Å². The maximum atomic E-state index is 13.6. The number of methoxy groups -OCH3 is 6. The number of amides is 3. The van der Waals surface area contributed by atoms with Crippen LogP contribution in [-0.2, 0) is 51.2 Å². The Hall–Kier alpha value is -8.49. The van der Waals surface area contributed by atoms with E-state index in [1.54, 1.807) is 40.2 Å². The third kappa shape index (κ3) is 15.9. The van der Waals surface area contributed by atoms with E-state index >= 15 is 0 Å². The molecule has 3 aromatic heterocycles. The van der Waals surface area contributed by atoms with Crippen molar-refractivity contribution in [2.45, 2.75) is 92.8 Å². The summed E-state index contributed by atoms with van der Waals surface area (Å²) in [7, 11) is 4.74. The van der Waals surface area contributed by atoms with Crippen LogP contribution < -0.4 is 45.4 Å². The van der Waals surface area contributed by atoms with Crippen molar-refractivity contribution < 1.29 is 64.4 Å². The maximum absolute atomic E-state index is 13.6. The van der Waals surface area contributed by atoms with Crippen LogP contribution in [0.3, 0.4) is 0 Å². The number of hydrogen-bond donors (Lipinski definition) is 4. The van der Waals surface area contributed by atoms with E-state index in [0.29, 0.717) is 64.2 Å². The number of sulfone groups is 1. The summed E-state index contributed by atoms with van der Waals surface area (Å²) in [5.41, 5.74) is 15.1. The molecule has 3 amide bonds. The first-order chi connectivity index (χ1) is 44.1. The molecule has 5 aromatic carbocycles. The number of pyridine rings is 1. The lowest BCUT2D eigenvalue weighted by atomic mass is 9.95. The summed E-state index contributed by atoms with van der Waals surface area (Å²) in [6.45, 7) is 5.09. The molecule has 92 heavy (non-hydrogen) atoms. The number of anilines is 3. The third-order valence-electron chi connectivity index (χ3n) is 15.2. The lowest BCUT2D eigenvalue weighted by Crippen LogP contribution is -2.26. The van der Waals surface area contributed by atoms with Crippen LogP contribution in [0.25, 0.3) is 22.2 Å². The number of thiophene rings is 1. The molecule has 4 heterocycles. The fraction of sp³-hybridized carbons (Fsp3) is 0.318. The van der Waals surface area contributed by atoms with Gasteiger partial charge in [0.25, 0.3) is 11.8 Å². The lowest BCUT2D eigenvalue weighted by molar-refractivity contribution is -0.141. The molecule has 0 saturated carbocycles. The maximum Gasteiger partial charge on any atom is 0.433 e. The fourth-order valence-corrected chi connectivity index (χ4v) is 14.4. The van der Waals surface area contributed by atoms with Crippen LogP contribution in [0, 0.1) is 6.92 Å². The zero-order valence-corrected chi connectivity index (χ0v) is 54.9. The minimum Gasteiger partial charge on any atom is -0.493 e. The number of carbonyl (C=O) groups is 3. The second-order valence-corrected chi connectivity index (χ2v) is 26.1. The molecule has 0 fully saturated rings. The topological polar surface area (TPSA) is 254 Å². The number of nitrogens with two attached hydrogens (primary N) is 1. The van der Waals surface area contributed by atoms with E-state index in [1.165, 1.54) is 59.8 Å². The van der Waals surface area contributed by atoms with Gasteiger partial charge in [0, 0.05) is 91.1 Å². The van der Waals surface area contributed by atoms with Gasteiger partial charge in [0.2, 0.25) is 26.7 Å². The van der Waals surface area contributed by atoms with Crippen LogP contribution in [-0.4, -0.2) is 108 Å². The number of nitrogens with one attached hydrogen (secondary N) is 3. The van der Waals surface area contributed by atoms with Crippen molar-refractivity contribution in [2.75, 3.05) is 72.2 Å². The number of carbonyl (C=O) groups excluding carboxylic acids is 3. The molecule has 0 spiro atoms. The van der Waals surface area contributed by atoms with Crippen LogP contribution in [0.5, 0.6) is 28.7 Å². The van der Waals surface area contributed by atoms with Gasteiger partial charge in [0.1, 0.15) is 10.7 Å². The number of hydrogen-bond acceptors (Lipinski definition) is 18. The molecular formula is C66H68ClF3N8O11S3. The Morgan fingerprint density at radius 3 is 2.15 bits per heavy atom. The molecule has 0 saturated heterocycles. The number of halogens is 4. The van der Waals surface area contributed by atoms with Crippen molar-refractivity contribution in [1.82, 2.24) is 20.3 Å². The monoisotopic (exact) mass is 1340 g/mol. The van der Waals surface area contributed by atoms with Gasteiger partial charge in [-0.05, 0) is 149 Å². The summed E-state index contributed by atoms with van der Waals surface area (Å²) in [4.78, 5) is 56.8. The second-order valence-electron chi connectivity index (χ2n) is 21.4. The smallest absolute Gasteiger partial charge is 0.433 e. The number of primary amides is 1. The number of benzene rings is 5. The number of aryl methyl sites for hydroxylation is 3. The van der Waals surface area contributed by atoms with Crippen molar-refractivity contribution in [1.29, 1.82) is 0 Å². The molecule has 11 rings (SSSR count). The van der Waals surface area contributed by atoms with Gasteiger partial charge in [-0.25, -0.2) is 18.4 Å². The highest BCUT2D eigenvalue weighted by Gasteiger charge is 2.36. The number of nitrogens with zero attached hydrogens (tertiary/aromatic N) is 4. The molecule has 26 heteroatoms. The molecule has 8 aromatic rings. The zero-order valence-electron chi connectivity index (χ0n) is 51.7. The minimum absolute atomic E-state index is 0.106. The summed E-state index contributed by atoms with van der Waals surface area (Å²) in [5, 5.41) is 10.0. The van der Waals surface area contributed by atoms with Gasteiger partial charge < -0.3 is 50.1 Å². The summed E-state index contributed by atoms with van der Waals surface area (Å²) in [6, 6.07) is 26.6. The molecule has 5 N–H and O–H groups in total. The van der Waals surface area contributed by atoms with Gasteiger partial charge in [0.15, 0.2) is 23.0 Å². The first-order valence-corrected chi connectivity index (χ1v) is 32.8. The average molecular weight is 1340 g/mol. The van der Waals surface area contributed by atoms with Crippen molar-refractivity contribution >= 4 is 101 Å². The highest BCUT2D eigenvalue weighted by atomic mass is 35.5. The first kappa shape index (κ1) is 67.9. The summed E-state index contributed by atoms with van der Waals surface area (Å²) in [5.74, 6) is 0.295. The number of aromatic nitrogens is 3. The minimum atomic E-state index is -4.95. The normalized spacial score (nSPS) is 13.0. The Bertz CT molecular complexity index is 4240. The van der Waals surface area contributed by atoms with Crippen molar-refractivity contribution in [3.05, 3.63) is 146 Å². The number of rotatable bonds is 19. The third-order valence-corrected chi connectivity index (χ3v) is 19.3. The van der Waals surface area contributed by atoms with Crippen LogP contribution in [0.2, 0.25) is 5.02 Å². The quantitative estimate of drug-likeness (QED) is 0.0434. The average Bonchev–Trinajstić information content (AvgIpc) is 1.27. The Kier molecular flexibility index (Phi) is 22.0. The highest BCUT2D eigenvalue weighted by molar-refractivity contribution is 7.99. The molecule has 2 aliphatic carbocycles.